The van der Waals surface area contributed by atoms with E-state index < -0.39 is 0 Å². The molecule has 0 saturated carbocycles. The van der Waals surface area contributed by atoms with Gasteiger partial charge in [-0.3, -0.25) is 4.79 Å². The molecule has 0 radical (unpaired) electrons. The van der Waals surface area contributed by atoms with E-state index in [0.29, 0.717) is 5.69 Å². The average molecular weight is 263 g/mol. The van der Waals surface area contributed by atoms with E-state index in [-0.39, 0.29) is 11.9 Å². The summed E-state index contributed by atoms with van der Waals surface area (Å²) in [5.74, 6) is 0.668. The quantitative estimate of drug-likeness (QED) is 0.853. The number of nitrogens with one attached hydrogen (secondary N) is 1. The SMILES string of the molecule is CC(C)NC(=O)c1ccc(N2CCN(C)CC2)nn1. The van der Waals surface area contributed by atoms with Crippen LogP contribution in [-0.2, 0) is 0 Å². The molecule has 0 spiro atoms. The highest BCUT2D eigenvalue weighted by Crippen LogP contribution is 2.12. The Hall–Kier alpha value is -1.69. The monoisotopic (exact) mass is 263 g/mol. The van der Waals surface area contributed by atoms with Gasteiger partial charge in [0, 0.05) is 32.2 Å². The van der Waals surface area contributed by atoms with Gasteiger partial charge in [-0.2, -0.15) is 0 Å². The topological polar surface area (TPSA) is 61.4 Å². The second-order valence-electron chi connectivity index (χ2n) is 5.20. The molecule has 1 amide bonds. The van der Waals surface area contributed by atoms with E-state index in [1.54, 1.807) is 6.07 Å². The molecule has 1 aliphatic heterocycles. The summed E-state index contributed by atoms with van der Waals surface area (Å²) >= 11 is 0. The number of anilines is 1. The summed E-state index contributed by atoms with van der Waals surface area (Å²) in [7, 11) is 2.11. The largest absolute Gasteiger partial charge is 0.353 e. The van der Waals surface area contributed by atoms with Crippen molar-refractivity contribution in [1.29, 1.82) is 0 Å². The van der Waals surface area contributed by atoms with Crippen molar-refractivity contribution in [3.8, 4) is 0 Å². The smallest absolute Gasteiger partial charge is 0.271 e. The maximum atomic E-state index is 11.8. The fraction of sp³-hybridized carbons (Fsp3) is 0.615. The van der Waals surface area contributed by atoms with Gasteiger partial charge in [0.05, 0.1) is 0 Å². The lowest BCUT2D eigenvalue weighted by Gasteiger charge is -2.32. The predicted molar refractivity (Wildman–Crippen MR) is 74.3 cm³/mol. The molecule has 1 fully saturated rings. The van der Waals surface area contributed by atoms with Crippen LogP contribution in [0.25, 0.3) is 0 Å². The number of carbonyl (C=O) groups is 1. The summed E-state index contributed by atoms with van der Waals surface area (Å²) in [5, 5.41) is 11.0. The van der Waals surface area contributed by atoms with Crippen LogP contribution in [0.3, 0.4) is 0 Å². The van der Waals surface area contributed by atoms with Gasteiger partial charge in [-0.25, -0.2) is 0 Å². The number of rotatable bonds is 3. The number of carbonyl (C=O) groups excluding carboxylic acids is 1. The maximum absolute atomic E-state index is 11.8. The van der Waals surface area contributed by atoms with E-state index in [4.69, 9.17) is 0 Å². The van der Waals surface area contributed by atoms with Gasteiger partial charge in [0.15, 0.2) is 11.5 Å². The minimum atomic E-state index is -0.174. The second kappa shape index (κ2) is 5.97. The molecule has 1 aromatic rings. The van der Waals surface area contributed by atoms with Gasteiger partial charge in [-0.1, -0.05) is 0 Å². The van der Waals surface area contributed by atoms with Gasteiger partial charge in [0.2, 0.25) is 0 Å². The van der Waals surface area contributed by atoms with Crippen molar-refractivity contribution < 1.29 is 4.79 Å². The first-order valence-corrected chi connectivity index (χ1v) is 6.64. The number of hydrogen-bond donors (Lipinski definition) is 1. The molecule has 6 nitrogen and oxygen atoms in total. The Bertz CT molecular complexity index is 423. The standard InChI is InChI=1S/C13H21N5O/c1-10(2)14-13(19)11-4-5-12(16-15-11)18-8-6-17(3)7-9-18/h4-5,10H,6-9H2,1-3H3,(H,14,19). The summed E-state index contributed by atoms with van der Waals surface area (Å²) in [6, 6.07) is 3.71. The minimum absolute atomic E-state index is 0.103. The van der Waals surface area contributed by atoms with Gasteiger partial charge >= 0.3 is 0 Å². The highest BCUT2D eigenvalue weighted by molar-refractivity contribution is 5.92. The summed E-state index contributed by atoms with van der Waals surface area (Å²) < 4.78 is 0. The summed E-state index contributed by atoms with van der Waals surface area (Å²) in [6.07, 6.45) is 0. The first kappa shape index (κ1) is 13.7. The highest BCUT2D eigenvalue weighted by atomic mass is 16.2. The Kier molecular flexibility index (Phi) is 4.31. The van der Waals surface area contributed by atoms with Crippen molar-refractivity contribution >= 4 is 11.7 Å². The van der Waals surface area contributed by atoms with Crippen LogP contribution in [0.5, 0.6) is 0 Å². The average Bonchev–Trinajstić information content (AvgIpc) is 2.39. The fourth-order valence-corrected chi connectivity index (χ4v) is 1.99. The zero-order valence-corrected chi connectivity index (χ0v) is 11.8. The van der Waals surface area contributed by atoms with Gasteiger partial charge in [0.1, 0.15) is 0 Å². The van der Waals surface area contributed by atoms with Crippen LogP contribution in [0.15, 0.2) is 12.1 Å². The molecule has 6 heteroatoms. The second-order valence-corrected chi connectivity index (χ2v) is 5.20. The van der Waals surface area contributed by atoms with Crippen LogP contribution in [0.4, 0.5) is 5.82 Å². The van der Waals surface area contributed by atoms with Crippen molar-refractivity contribution in [3.05, 3.63) is 17.8 Å². The Morgan fingerprint density at radius 3 is 2.42 bits per heavy atom. The molecule has 0 bridgehead atoms. The molecule has 2 rings (SSSR count). The van der Waals surface area contributed by atoms with E-state index in [2.05, 4.69) is 32.4 Å². The Morgan fingerprint density at radius 1 is 1.21 bits per heavy atom. The molecule has 0 aromatic carbocycles. The number of likely N-dealkylation sites (N-methyl/N-ethyl adjacent to an activating group) is 1. The number of aromatic nitrogens is 2. The molecule has 1 aromatic heterocycles. The van der Waals surface area contributed by atoms with Gasteiger partial charge in [0.25, 0.3) is 5.91 Å². The molecule has 19 heavy (non-hydrogen) atoms. The van der Waals surface area contributed by atoms with Crippen molar-refractivity contribution in [2.45, 2.75) is 19.9 Å². The zero-order valence-electron chi connectivity index (χ0n) is 11.8. The molecular weight excluding hydrogens is 242 g/mol. The molecule has 1 aliphatic rings. The Balaban J connectivity index is 2.00. The van der Waals surface area contributed by atoms with Crippen molar-refractivity contribution in [1.82, 2.24) is 20.4 Å². The summed E-state index contributed by atoms with van der Waals surface area (Å²) in [5.41, 5.74) is 0.367. The van der Waals surface area contributed by atoms with E-state index in [9.17, 15) is 4.79 Å². The van der Waals surface area contributed by atoms with E-state index in [0.717, 1.165) is 32.0 Å². The third-order valence-corrected chi connectivity index (χ3v) is 3.13. The lowest BCUT2D eigenvalue weighted by atomic mass is 10.3. The van der Waals surface area contributed by atoms with E-state index in [1.807, 2.05) is 19.9 Å². The van der Waals surface area contributed by atoms with Crippen LogP contribution in [0, 0.1) is 0 Å². The summed E-state index contributed by atoms with van der Waals surface area (Å²) in [4.78, 5) is 16.2. The molecule has 0 atom stereocenters. The van der Waals surface area contributed by atoms with E-state index >= 15 is 0 Å². The molecule has 2 heterocycles. The van der Waals surface area contributed by atoms with Crippen molar-refractivity contribution in [3.63, 3.8) is 0 Å². The lowest BCUT2D eigenvalue weighted by molar-refractivity contribution is 0.0937. The zero-order chi connectivity index (χ0) is 13.8. The van der Waals surface area contributed by atoms with Crippen molar-refractivity contribution in [2.24, 2.45) is 0 Å². The third kappa shape index (κ3) is 3.64. The van der Waals surface area contributed by atoms with Crippen molar-refractivity contribution in [2.75, 3.05) is 38.1 Å². The number of amides is 1. The normalized spacial score (nSPS) is 16.7. The maximum Gasteiger partial charge on any atom is 0.271 e. The van der Waals surface area contributed by atoms with Crippen LogP contribution >= 0.6 is 0 Å². The van der Waals surface area contributed by atoms with Gasteiger partial charge in [-0.05, 0) is 33.0 Å². The Morgan fingerprint density at radius 2 is 1.89 bits per heavy atom. The number of nitrogens with zero attached hydrogens (tertiary/aromatic N) is 4. The Labute approximate surface area is 113 Å². The number of hydrogen-bond acceptors (Lipinski definition) is 5. The minimum Gasteiger partial charge on any atom is -0.353 e. The highest BCUT2D eigenvalue weighted by Gasteiger charge is 2.16. The molecule has 104 valence electrons. The van der Waals surface area contributed by atoms with Gasteiger partial charge < -0.3 is 15.1 Å². The van der Waals surface area contributed by atoms with Crippen LogP contribution < -0.4 is 10.2 Å². The fourth-order valence-electron chi connectivity index (χ4n) is 1.99. The summed E-state index contributed by atoms with van der Waals surface area (Å²) in [6.45, 7) is 7.79. The number of piperazine rings is 1. The van der Waals surface area contributed by atoms with Crippen LogP contribution in [0.2, 0.25) is 0 Å². The molecular formula is C13H21N5O. The van der Waals surface area contributed by atoms with Crippen LogP contribution in [-0.4, -0.2) is 60.3 Å². The van der Waals surface area contributed by atoms with Crippen LogP contribution in [0.1, 0.15) is 24.3 Å². The predicted octanol–water partition coefficient (Wildman–Crippen LogP) is 0.367. The first-order chi connectivity index (χ1) is 9.06. The molecule has 1 N–H and O–H groups in total. The third-order valence-electron chi connectivity index (χ3n) is 3.13. The van der Waals surface area contributed by atoms with E-state index in [1.165, 1.54) is 0 Å². The molecule has 1 saturated heterocycles. The molecule has 0 unspecified atom stereocenters. The lowest BCUT2D eigenvalue weighted by Crippen LogP contribution is -2.45. The van der Waals surface area contributed by atoms with Gasteiger partial charge in [-0.15, -0.1) is 10.2 Å². The first-order valence-electron chi connectivity index (χ1n) is 6.64. The molecule has 0 aliphatic carbocycles.